The summed E-state index contributed by atoms with van der Waals surface area (Å²) in [6.07, 6.45) is 2.37. The van der Waals surface area contributed by atoms with Crippen LogP contribution in [0.4, 0.5) is 0 Å². The maximum Gasteiger partial charge on any atom is 0.227 e. The monoisotopic (exact) mass is 319 g/mol. The van der Waals surface area contributed by atoms with E-state index in [0.717, 1.165) is 12.0 Å². The lowest BCUT2D eigenvalue weighted by Crippen LogP contribution is -2.55. The Hall–Kier alpha value is -1.39. The highest BCUT2D eigenvalue weighted by molar-refractivity contribution is 5.84. The molecule has 1 atom stereocenters. The first kappa shape index (κ1) is 18.0. The normalized spacial score (nSPS) is 18.7. The molecule has 1 aromatic carbocycles. The van der Waals surface area contributed by atoms with E-state index in [9.17, 15) is 9.90 Å². The van der Waals surface area contributed by atoms with Crippen LogP contribution in [-0.2, 0) is 16.0 Å². The van der Waals surface area contributed by atoms with Crippen LogP contribution in [0.1, 0.15) is 50.7 Å². The van der Waals surface area contributed by atoms with Gasteiger partial charge in [0.25, 0.3) is 0 Å². The summed E-state index contributed by atoms with van der Waals surface area (Å²) in [5.41, 5.74) is 1.78. The first-order chi connectivity index (χ1) is 11.0. The molecule has 4 heteroatoms. The Labute approximate surface area is 139 Å². The van der Waals surface area contributed by atoms with Crippen molar-refractivity contribution in [1.29, 1.82) is 0 Å². The van der Waals surface area contributed by atoms with Crippen molar-refractivity contribution < 1.29 is 14.6 Å². The summed E-state index contributed by atoms with van der Waals surface area (Å²) in [5, 5.41) is 12.8. The number of hydrogen-bond donors (Lipinski definition) is 2. The maximum atomic E-state index is 12.6. The number of hydrogen-bond acceptors (Lipinski definition) is 3. The van der Waals surface area contributed by atoms with E-state index in [-0.39, 0.29) is 18.4 Å². The van der Waals surface area contributed by atoms with E-state index >= 15 is 0 Å². The van der Waals surface area contributed by atoms with Crippen LogP contribution in [0, 0.1) is 5.92 Å². The van der Waals surface area contributed by atoms with Gasteiger partial charge in [0.15, 0.2) is 0 Å². The minimum Gasteiger partial charge on any atom is -0.394 e. The maximum absolute atomic E-state index is 12.6. The molecule has 1 aliphatic rings. The number of carbonyl (C=O) groups excluding carboxylic acids is 1. The molecule has 128 valence electrons. The lowest BCUT2D eigenvalue weighted by atomic mass is 9.89. The van der Waals surface area contributed by atoms with Gasteiger partial charge in [0.1, 0.15) is 0 Å². The molecule has 4 nitrogen and oxygen atoms in total. The van der Waals surface area contributed by atoms with Crippen molar-refractivity contribution in [3.63, 3.8) is 0 Å². The predicted molar refractivity (Wildman–Crippen MR) is 91.4 cm³/mol. The molecule has 1 saturated heterocycles. The first-order valence-corrected chi connectivity index (χ1v) is 8.55. The van der Waals surface area contributed by atoms with Gasteiger partial charge in [0.2, 0.25) is 5.91 Å². The van der Waals surface area contributed by atoms with Crippen LogP contribution in [0.15, 0.2) is 24.3 Å². The van der Waals surface area contributed by atoms with Gasteiger partial charge in [-0.1, -0.05) is 38.1 Å². The molecule has 2 N–H and O–H groups in total. The van der Waals surface area contributed by atoms with Crippen molar-refractivity contribution in [2.75, 3.05) is 19.8 Å². The van der Waals surface area contributed by atoms with Gasteiger partial charge in [-0.15, -0.1) is 0 Å². The van der Waals surface area contributed by atoms with Crippen molar-refractivity contribution in [1.82, 2.24) is 5.32 Å². The molecule has 0 aliphatic carbocycles. The van der Waals surface area contributed by atoms with Gasteiger partial charge in [-0.05, 0) is 43.2 Å². The number of nitrogens with one attached hydrogen (secondary N) is 1. The van der Waals surface area contributed by atoms with E-state index < -0.39 is 5.54 Å². The molecular formula is C19H29NO3. The molecule has 0 bridgehead atoms. The Morgan fingerprint density at radius 1 is 1.22 bits per heavy atom. The molecule has 1 aromatic rings. The van der Waals surface area contributed by atoms with Gasteiger partial charge in [-0.2, -0.15) is 0 Å². The van der Waals surface area contributed by atoms with Gasteiger partial charge in [0, 0.05) is 13.2 Å². The zero-order valence-electron chi connectivity index (χ0n) is 14.5. The smallest absolute Gasteiger partial charge is 0.227 e. The molecule has 1 unspecified atom stereocenters. The van der Waals surface area contributed by atoms with Crippen molar-refractivity contribution >= 4 is 5.91 Å². The topological polar surface area (TPSA) is 58.6 Å². The zero-order chi connectivity index (χ0) is 16.9. The van der Waals surface area contributed by atoms with Crippen LogP contribution in [0.25, 0.3) is 0 Å². The molecule has 1 fully saturated rings. The average Bonchev–Trinajstić information content (AvgIpc) is 2.55. The molecule has 1 amide bonds. The Bertz CT molecular complexity index is 504. The predicted octanol–water partition coefficient (Wildman–Crippen LogP) is 2.65. The fourth-order valence-electron chi connectivity index (χ4n) is 3.02. The number of rotatable bonds is 6. The zero-order valence-corrected chi connectivity index (χ0v) is 14.5. The van der Waals surface area contributed by atoms with Crippen LogP contribution < -0.4 is 5.32 Å². The summed E-state index contributed by atoms with van der Waals surface area (Å²) in [6, 6.07) is 8.29. The quantitative estimate of drug-likeness (QED) is 0.847. The fraction of sp³-hybridized carbons (Fsp3) is 0.632. The Morgan fingerprint density at radius 2 is 1.83 bits per heavy atom. The summed E-state index contributed by atoms with van der Waals surface area (Å²) in [6.45, 7) is 7.44. The number of ether oxygens (including phenoxy) is 1. The van der Waals surface area contributed by atoms with Gasteiger partial charge < -0.3 is 15.2 Å². The van der Waals surface area contributed by atoms with Crippen molar-refractivity contribution in [2.45, 2.75) is 51.5 Å². The molecule has 0 aromatic heterocycles. The standard InChI is InChI=1S/C19H29NO3/c1-14(2)12-16-4-6-17(7-5-16)15(3)18(22)20-19(13-21)8-10-23-11-9-19/h4-7,14-15,21H,8-13H2,1-3H3,(H,20,22). The Morgan fingerprint density at radius 3 is 2.35 bits per heavy atom. The Kier molecular flexibility index (Phi) is 6.19. The summed E-state index contributed by atoms with van der Waals surface area (Å²) in [4.78, 5) is 12.6. The van der Waals surface area contributed by atoms with Gasteiger partial charge in [-0.3, -0.25) is 4.79 Å². The SMILES string of the molecule is CC(C)Cc1ccc(C(C)C(=O)NC2(CO)CCOCC2)cc1. The number of amides is 1. The molecule has 23 heavy (non-hydrogen) atoms. The number of carbonyl (C=O) groups is 1. The summed E-state index contributed by atoms with van der Waals surface area (Å²) in [5.74, 6) is 0.367. The average molecular weight is 319 g/mol. The second-order valence-corrected chi connectivity index (χ2v) is 7.10. The molecule has 0 radical (unpaired) electrons. The lowest BCUT2D eigenvalue weighted by molar-refractivity contribution is -0.126. The van der Waals surface area contributed by atoms with Gasteiger partial charge >= 0.3 is 0 Å². The second-order valence-electron chi connectivity index (χ2n) is 7.10. The molecular weight excluding hydrogens is 290 g/mol. The van der Waals surface area contributed by atoms with Crippen LogP contribution in [-0.4, -0.2) is 36.4 Å². The van der Waals surface area contributed by atoms with Gasteiger partial charge in [-0.25, -0.2) is 0 Å². The minimum atomic E-state index is -0.527. The van der Waals surface area contributed by atoms with Crippen molar-refractivity contribution in [2.24, 2.45) is 5.92 Å². The molecule has 1 heterocycles. The van der Waals surface area contributed by atoms with Crippen molar-refractivity contribution in [3.8, 4) is 0 Å². The third-order valence-electron chi connectivity index (χ3n) is 4.66. The third-order valence-corrected chi connectivity index (χ3v) is 4.66. The largest absolute Gasteiger partial charge is 0.394 e. The van der Waals surface area contributed by atoms with Crippen LogP contribution >= 0.6 is 0 Å². The molecule has 0 spiro atoms. The van der Waals surface area contributed by atoms with E-state index in [2.05, 4.69) is 31.3 Å². The molecule has 2 rings (SSSR count). The summed E-state index contributed by atoms with van der Waals surface area (Å²) >= 11 is 0. The third kappa shape index (κ3) is 4.79. The van der Waals surface area contributed by atoms with E-state index in [1.165, 1.54) is 5.56 Å². The van der Waals surface area contributed by atoms with Crippen LogP contribution in [0.2, 0.25) is 0 Å². The van der Waals surface area contributed by atoms with Crippen molar-refractivity contribution in [3.05, 3.63) is 35.4 Å². The molecule has 1 aliphatic heterocycles. The fourth-order valence-corrected chi connectivity index (χ4v) is 3.02. The van der Waals surface area contributed by atoms with Crippen LogP contribution in [0.5, 0.6) is 0 Å². The minimum absolute atomic E-state index is 0.0300. The van der Waals surface area contributed by atoms with E-state index in [1.807, 2.05) is 19.1 Å². The lowest BCUT2D eigenvalue weighted by Gasteiger charge is -2.37. The van der Waals surface area contributed by atoms with Gasteiger partial charge in [0.05, 0.1) is 18.1 Å². The highest BCUT2D eigenvalue weighted by Crippen LogP contribution is 2.23. The number of aliphatic hydroxyl groups excluding tert-OH is 1. The number of benzene rings is 1. The Balaban J connectivity index is 2.01. The molecule has 0 saturated carbocycles. The summed E-state index contributed by atoms with van der Waals surface area (Å²) < 4.78 is 5.34. The van der Waals surface area contributed by atoms with Crippen LogP contribution in [0.3, 0.4) is 0 Å². The first-order valence-electron chi connectivity index (χ1n) is 8.55. The summed E-state index contributed by atoms with van der Waals surface area (Å²) in [7, 11) is 0. The highest BCUT2D eigenvalue weighted by atomic mass is 16.5. The van der Waals surface area contributed by atoms with E-state index in [0.29, 0.717) is 32.0 Å². The van der Waals surface area contributed by atoms with E-state index in [4.69, 9.17) is 4.74 Å². The number of aliphatic hydroxyl groups is 1. The second kappa shape index (κ2) is 7.93. The highest BCUT2D eigenvalue weighted by Gasteiger charge is 2.34. The van der Waals surface area contributed by atoms with E-state index in [1.54, 1.807) is 0 Å².